The van der Waals surface area contributed by atoms with Crippen molar-refractivity contribution in [2.24, 2.45) is 0 Å². The summed E-state index contributed by atoms with van der Waals surface area (Å²) in [6.07, 6.45) is 2.82. The van der Waals surface area contributed by atoms with Gasteiger partial charge >= 0.3 is 0 Å². The molecule has 0 radical (unpaired) electrons. The number of anilines is 1. The second-order valence-electron chi connectivity index (χ2n) is 5.35. The molecule has 20 heavy (non-hydrogen) atoms. The zero-order chi connectivity index (χ0) is 14.9. The van der Waals surface area contributed by atoms with E-state index in [1.807, 2.05) is 32.0 Å². The minimum atomic E-state index is -3.34. The number of carbonyl (C=O) groups excluding carboxylic acids is 1. The zero-order valence-corrected chi connectivity index (χ0v) is 12.8. The van der Waals surface area contributed by atoms with Gasteiger partial charge in [0, 0.05) is 11.7 Å². The Balaban J connectivity index is 2.09. The maximum atomic E-state index is 12.1. The second-order valence-corrected chi connectivity index (χ2v) is 7.29. The second kappa shape index (κ2) is 5.54. The summed E-state index contributed by atoms with van der Waals surface area (Å²) in [5.74, 6) is -0.292. The first-order valence-electron chi connectivity index (χ1n) is 6.62. The highest BCUT2D eigenvalue weighted by molar-refractivity contribution is 7.88. The molecule has 1 aromatic carbocycles. The van der Waals surface area contributed by atoms with Gasteiger partial charge in [-0.15, -0.1) is 0 Å². The summed E-state index contributed by atoms with van der Waals surface area (Å²) in [5.41, 5.74) is 2.70. The number of para-hydroxylation sites is 1. The van der Waals surface area contributed by atoms with Crippen LogP contribution in [-0.2, 0) is 14.8 Å². The predicted molar refractivity (Wildman–Crippen MR) is 79.1 cm³/mol. The average Bonchev–Trinajstić information content (AvgIpc) is 3.13. The molecule has 0 aromatic heterocycles. The molecule has 1 amide bonds. The average molecular weight is 296 g/mol. The Labute approximate surface area is 120 Å². The fraction of sp³-hybridized carbons (Fsp3) is 0.500. The molecular weight excluding hydrogens is 276 g/mol. The van der Waals surface area contributed by atoms with E-state index < -0.39 is 10.0 Å². The van der Waals surface area contributed by atoms with Crippen molar-refractivity contribution in [1.82, 2.24) is 4.31 Å². The van der Waals surface area contributed by atoms with E-state index in [9.17, 15) is 13.2 Å². The van der Waals surface area contributed by atoms with Gasteiger partial charge in [-0.05, 0) is 37.8 Å². The van der Waals surface area contributed by atoms with E-state index in [2.05, 4.69) is 5.32 Å². The molecule has 110 valence electrons. The molecular formula is C14H20N2O3S. The number of benzene rings is 1. The quantitative estimate of drug-likeness (QED) is 0.898. The molecule has 1 aliphatic carbocycles. The molecule has 0 spiro atoms. The normalized spacial score (nSPS) is 15.4. The highest BCUT2D eigenvalue weighted by Crippen LogP contribution is 2.28. The lowest BCUT2D eigenvalue weighted by atomic mass is 10.1. The first-order chi connectivity index (χ1) is 9.29. The maximum Gasteiger partial charge on any atom is 0.239 e. The van der Waals surface area contributed by atoms with Crippen molar-refractivity contribution in [2.45, 2.75) is 32.7 Å². The highest BCUT2D eigenvalue weighted by atomic mass is 32.2. The van der Waals surface area contributed by atoms with Crippen LogP contribution >= 0.6 is 0 Å². The Morgan fingerprint density at radius 2 is 1.85 bits per heavy atom. The van der Waals surface area contributed by atoms with Gasteiger partial charge in [0.2, 0.25) is 15.9 Å². The third-order valence-corrected chi connectivity index (χ3v) is 4.70. The Hall–Kier alpha value is -1.40. The fourth-order valence-electron chi connectivity index (χ4n) is 2.21. The molecule has 0 heterocycles. The molecule has 5 nitrogen and oxygen atoms in total. The van der Waals surface area contributed by atoms with E-state index in [4.69, 9.17) is 0 Å². The Morgan fingerprint density at radius 1 is 1.30 bits per heavy atom. The Bertz CT molecular complexity index is 601. The van der Waals surface area contributed by atoms with Crippen LogP contribution in [-0.4, -0.2) is 37.5 Å². The number of carbonyl (C=O) groups is 1. The van der Waals surface area contributed by atoms with E-state index in [0.29, 0.717) is 0 Å². The first-order valence-corrected chi connectivity index (χ1v) is 8.47. The number of hydrogen-bond acceptors (Lipinski definition) is 3. The van der Waals surface area contributed by atoms with Gasteiger partial charge in [-0.2, -0.15) is 4.31 Å². The molecule has 1 N–H and O–H groups in total. The molecule has 1 aromatic rings. The highest BCUT2D eigenvalue weighted by Gasteiger charge is 2.36. The summed E-state index contributed by atoms with van der Waals surface area (Å²) in [4.78, 5) is 12.1. The van der Waals surface area contributed by atoms with Crippen LogP contribution in [0.15, 0.2) is 18.2 Å². The van der Waals surface area contributed by atoms with E-state index in [1.54, 1.807) is 0 Å². The SMILES string of the molecule is Cc1cccc(C)c1NC(=O)CN(C1CC1)S(C)(=O)=O. The van der Waals surface area contributed by atoms with Gasteiger partial charge in [0.25, 0.3) is 0 Å². The molecule has 0 unspecified atom stereocenters. The lowest BCUT2D eigenvalue weighted by Gasteiger charge is -2.19. The zero-order valence-electron chi connectivity index (χ0n) is 12.0. The van der Waals surface area contributed by atoms with Crippen LogP contribution in [0.25, 0.3) is 0 Å². The maximum absolute atomic E-state index is 12.1. The van der Waals surface area contributed by atoms with Crippen LogP contribution in [0.5, 0.6) is 0 Å². The largest absolute Gasteiger partial charge is 0.324 e. The van der Waals surface area contributed by atoms with Crippen molar-refractivity contribution < 1.29 is 13.2 Å². The summed E-state index contributed by atoms with van der Waals surface area (Å²) in [5, 5.41) is 2.82. The fourth-order valence-corrected chi connectivity index (χ4v) is 3.32. The standard InChI is InChI=1S/C14H20N2O3S/c1-10-5-4-6-11(2)14(10)15-13(17)9-16(12-7-8-12)20(3,18)19/h4-6,12H,7-9H2,1-3H3,(H,15,17). The van der Waals surface area contributed by atoms with Gasteiger partial charge in [-0.25, -0.2) is 8.42 Å². The van der Waals surface area contributed by atoms with Gasteiger partial charge < -0.3 is 5.32 Å². The van der Waals surface area contributed by atoms with Crippen molar-refractivity contribution in [1.29, 1.82) is 0 Å². The number of hydrogen-bond donors (Lipinski definition) is 1. The van der Waals surface area contributed by atoms with Gasteiger partial charge in [0.1, 0.15) is 0 Å². The number of rotatable bonds is 5. The van der Waals surface area contributed by atoms with E-state index in [0.717, 1.165) is 35.9 Å². The van der Waals surface area contributed by atoms with E-state index in [-0.39, 0.29) is 18.5 Å². The molecule has 0 bridgehead atoms. The molecule has 0 aliphatic heterocycles. The number of amides is 1. The van der Waals surface area contributed by atoms with Crippen molar-refractivity contribution in [3.63, 3.8) is 0 Å². The molecule has 0 atom stereocenters. The Morgan fingerprint density at radius 3 is 2.30 bits per heavy atom. The minimum Gasteiger partial charge on any atom is -0.324 e. The van der Waals surface area contributed by atoms with Crippen LogP contribution in [0.4, 0.5) is 5.69 Å². The number of aryl methyl sites for hydroxylation is 2. The van der Waals surface area contributed by atoms with Gasteiger partial charge in [0.15, 0.2) is 0 Å². The van der Waals surface area contributed by atoms with Gasteiger partial charge in [-0.1, -0.05) is 18.2 Å². The number of nitrogens with one attached hydrogen (secondary N) is 1. The molecule has 2 rings (SSSR count). The minimum absolute atomic E-state index is 0.00582. The van der Waals surface area contributed by atoms with Crippen LogP contribution in [0.1, 0.15) is 24.0 Å². The molecule has 1 fully saturated rings. The summed E-state index contributed by atoms with van der Waals surface area (Å²) in [7, 11) is -3.34. The number of nitrogens with zero attached hydrogens (tertiary/aromatic N) is 1. The van der Waals surface area contributed by atoms with Gasteiger partial charge in [0.05, 0.1) is 12.8 Å². The van der Waals surface area contributed by atoms with Crippen molar-refractivity contribution >= 4 is 21.6 Å². The predicted octanol–water partition coefficient (Wildman–Crippen LogP) is 1.67. The van der Waals surface area contributed by atoms with Crippen molar-refractivity contribution in [2.75, 3.05) is 18.1 Å². The van der Waals surface area contributed by atoms with Crippen molar-refractivity contribution in [3.8, 4) is 0 Å². The van der Waals surface area contributed by atoms with Gasteiger partial charge in [-0.3, -0.25) is 4.79 Å². The van der Waals surface area contributed by atoms with Crippen LogP contribution < -0.4 is 5.32 Å². The molecule has 1 saturated carbocycles. The Kier molecular flexibility index (Phi) is 4.15. The van der Waals surface area contributed by atoms with Crippen LogP contribution in [0, 0.1) is 13.8 Å². The van der Waals surface area contributed by atoms with Crippen LogP contribution in [0.2, 0.25) is 0 Å². The summed E-state index contributed by atoms with van der Waals surface area (Å²) in [6.45, 7) is 3.72. The molecule has 6 heteroatoms. The molecule has 1 aliphatic rings. The third kappa shape index (κ3) is 3.58. The van der Waals surface area contributed by atoms with Crippen molar-refractivity contribution in [3.05, 3.63) is 29.3 Å². The number of sulfonamides is 1. The lowest BCUT2D eigenvalue weighted by molar-refractivity contribution is -0.116. The summed E-state index contributed by atoms with van der Waals surface area (Å²) in [6, 6.07) is 5.75. The monoisotopic (exact) mass is 296 g/mol. The molecule has 0 saturated heterocycles. The van der Waals surface area contributed by atoms with E-state index >= 15 is 0 Å². The topological polar surface area (TPSA) is 66.5 Å². The lowest BCUT2D eigenvalue weighted by Crippen LogP contribution is -2.39. The smallest absolute Gasteiger partial charge is 0.239 e. The summed E-state index contributed by atoms with van der Waals surface area (Å²) >= 11 is 0. The third-order valence-electron chi connectivity index (χ3n) is 3.43. The van der Waals surface area contributed by atoms with Crippen LogP contribution in [0.3, 0.4) is 0 Å². The van der Waals surface area contributed by atoms with E-state index in [1.165, 1.54) is 4.31 Å². The first kappa shape index (κ1) is 15.0. The summed E-state index contributed by atoms with van der Waals surface area (Å²) < 4.78 is 24.6.